The molecule has 2 aromatic rings. The minimum atomic E-state index is -0.396. The molecule has 0 saturated heterocycles. The molecule has 0 aromatic heterocycles. The lowest BCUT2D eigenvalue weighted by atomic mass is 10.0. The van der Waals surface area contributed by atoms with Crippen molar-refractivity contribution in [2.24, 2.45) is 0 Å². The number of hydrogen-bond acceptors (Lipinski definition) is 4. The highest BCUT2D eigenvalue weighted by Gasteiger charge is 2.35. The summed E-state index contributed by atoms with van der Waals surface area (Å²) >= 11 is 0. The molecule has 0 saturated carbocycles. The van der Waals surface area contributed by atoms with Gasteiger partial charge in [-0.05, 0) is 30.7 Å². The number of rotatable bonds is 6. The molecule has 26 heavy (non-hydrogen) atoms. The first-order valence-electron chi connectivity index (χ1n) is 8.38. The van der Waals surface area contributed by atoms with Gasteiger partial charge in [-0.1, -0.05) is 30.3 Å². The number of ether oxygens (including phenoxy) is 1. The van der Waals surface area contributed by atoms with E-state index in [-0.39, 0.29) is 36.6 Å². The number of carbonyl (C=O) groups is 3. The Labute approximate surface area is 151 Å². The summed E-state index contributed by atoms with van der Waals surface area (Å²) in [6.07, 6.45) is 0. The van der Waals surface area contributed by atoms with Crippen LogP contribution in [0.25, 0.3) is 0 Å². The van der Waals surface area contributed by atoms with Crippen LogP contribution >= 0.6 is 0 Å². The van der Waals surface area contributed by atoms with Crippen LogP contribution in [0.4, 0.5) is 0 Å². The van der Waals surface area contributed by atoms with Gasteiger partial charge in [0.2, 0.25) is 0 Å². The van der Waals surface area contributed by atoms with Crippen molar-refractivity contribution >= 4 is 17.7 Å². The van der Waals surface area contributed by atoms with Crippen molar-refractivity contribution in [3.05, 3.63) is 70.8 Å². The van der Waals surface area contributed by atoms with E-state index in [4.69, 9.17) is 4.74 Å². The maximum atomic E-state index is 12.5. The molecule has 0 spiro atoms. The highest BCUT2D eigenvalue weighted by Crippen LogP contribution is 2.24. The maximum absolute atomic E-state index is 12.5. The molecule has 0 radical (unpaired) electrons. The first-order valence-corrected chi connectivity index (χ1v) is 8.38. The van der Waals surface area contributed by atoms with Crippen LogP contribution in [0.15, 0.2) is 48.5 Å². The molecule has 0 aliphatic carbocycles. The van der Waals surface area contributed by atoms with Gasteiger partial charge in [0, 0.05) is 12.7 Å². The third-order valence-corrected chi connectivity index (χ3v) is 4.40. The zero-order chi connectivity index (χ0) is 18.7. The topological polar surface area (TPSA) is 75.7 Å². The van der Waals surface area contributed by atoms with Crippen molar-refractivity contribution in [3.63, 3.8) is 0 Å². The molecule has 134 valence electrons. The summed E-state index contributed by atoms with van der Waals surface area (Å²) in [6, 6.07) is 14.0. The van der Waals surface area contributed by atoms with Gasteiger partial charge < -0.3 is 10.1 Å². The van der Waals surface area contributed by atoms with E-state index in [1.165, 1.54) is 19.2 Å². The first kappa shape index (κ1) is 17.8. The summed E-state index contributed by atoms with van der Waals surface area (Å²) in [5.41, 5.74) is 1.91. The lowest BCUT2D eigenvalue weighted by Crippen LogP contribution is -2.32. The van der Waals surface area contributed by atoms with Crippen molar-refractivity contribution < 1.29 is 19.1 Å². The predicted octanol–water partition coefficient (Wildman–Crippen LogP) is 2.42. The lowest BCUT2D eigenvalue weighted by molar-refractivity contribution is 0.0603. The van der Waals surface area contributed by atoms with Crippen LogP contribution in [-0.4, -0.2) is 42.9 Å². The quantitative estimate of drug-likeness (QED) is 0.810. The summed E-state index contributed by atoms with van der Waals surface area (Å²) in [5.74, 6) is -1.04. The fraction of sp³-hybridized carbons (Fsp3) is 0.250. The van der Waals surface area contributed by atoms with Crippen molar-refractivity contribution in [1.29, 1.82) is 0 Å². The van der Waals surface area contributed by atoms with E-state index in [9.17, 15) is 14.4 Å². The van der Waals surface area contributed by atoms with Gasteiger partial charge in [-0.25, -0.2) is 0 Å². The number of fused-ring (bicyclic) bond motifs is 1. The van der Waals surface area contributed by atoms with Crippen LogP contribution in [0, 0.1) is 0 Å². The van der Waals surface area contributed by atoms with Crippen molar-refractivity contribution in [1.82, 2.24) is 10.2 Å². The summed E-state index contributed by atoms with van der Waals surface area (Å²) in [4.78, 5) is 38.4. The SMILES string of the molecule is COCCN1C(=O)c2ccc(C(=O)N[C@H](C)c3ccccc3)cc2C1=O. The third-order valence-electron chi connectivity index (χ3n) is 4.40. The number of amides is 3. The average Bonchev–Trinajstić information content (AvgIpc) is 2.90. The number of nitrogens with zero attached hydrogens (tertiary/aromatic N) is 1. The normalized spacial score (nSPS) is 14.3. The Morgan fingerprint density at radius 1 is 1.08 bits per heavy atom. The molecule has 1 aliphatic heterocycles. The summed E-state index contributed by atoms with van der Waals surface area (Å²) in [7, 11) is 1.51. The lowest BCUT2D eigenvalue weighted by Gasteiger charge is -2.14. The minimum Gasteiger partial charge on any atom is -0.383 e. The number of methoxy groups -OCH3 is 1. The van der Waals surface area contributed by atoms with Gasteiger partial charge in [0.25, 0.3) is 17.7 Å². The Morgan fingerprint density at radius 3 is 2.46 bits per heavy atom. The van der Waals surface area contributed by atoms with E-state index in [2.05, 4.69) is 5.32 Å². The van der Waals surface area contributed by atoms with Crippen molar-refractivity contribution in [2.75, 3.05) is 20.3 Å². The molecule has 6 heteroatoms. The molecular formula is C20H20N2O4. The van der Waals surface area contributed by atoms with E-state index in [0.717, 1.165) is 10.5 Å². The van der Waals surface area contributed by atoms with Crippen LogP contribution in [0.1, 0.15) is 49.6 Å². The number of nitrogens with one attached hydrogen (secondary N) is 1. The average molecular weight is 352 g/mol. The molecular weight excluding hydrogens is 332 g/mol. The largest absolute Gasteiger partial charge is 0.383 e. The Bertz CT molecular complexity index is 848. The molecule has 3 rings (SSSR count). The molecule has 6 nitrogen and oxygen atoms in total. The fourth-order valence-corrected chi connectivity index (χ4v) is 2.92. The Kier molecular flexibility index (Phi) is 5.14. The van der Waals surface area contributed by atoms with Gasteiger partial charge in [0.15, 0.2) is 0 Å². The highest BCUT2D eigenvalue weighted by molar-refractivity contribution is 6.22. The van der Waals surface area contributed by atoms with E-state index in [0.29, 0.717) is 11.1 Å². The summed E-state index contributed by atoms with van der Waals surface area (Å²) < 4.78 is 4.94. The standard InChI is InChI=1S/C20H20N2O4/c1-13(14-6-4-3-5-7-14)21-18(23)15-8-9-16-17(12-15)20(25)22(19(16)24)10-11-26-2/h3-9,12-13H,10-11H2,1-2H3,(H,21,23)/t13-/m1/s1. The smallest absolute Gasteiger partial charge is 0.261 e. The van der Waals surface area contributed by atoms with E-state index in [1.807, 2.05) is 37.3 Å². The van der Waals surface area contributed by atoms with E-state index in [1.54, 1.807) is 6.07 Å². The van der Waals surface area contributed by atoms with Gasteiger partial charge in [-0.3, -0.25) is 19.3 Å². The second-order valence-corrected chi connectivity index (χ2v) is 6.12. The molecule has 0 fully saturated rings. The van der Waals surface area contributed by atoms with Gasteiger partial charge in [-0.2, -0.15) is 0 Å². The van der Waals surface area contributed by atoms with E-state index < -0.39 is 5.91 Å². The fourth-order valence-electron chi connectivity index (χ4n) is 2.92. The Hall–Kier alpha value is -2.99. The number of hydrogen-bond donors (Lipinski definition) is 1. The molecule has 3 amide bonds. The van der Waals surface area contributed by atoms with E-state index >= 15 is 0 Å². The molecule has 1 atom stereocenters. The number of carbonyl (C=O) groups excluding carboxylic acids is 3. The van der Waals surface area contributed by atoms with Crippen LogP contribution in [0.2, 0.25) is 0 Å². The first-order chi connectivity index (χ1) is 12.5. The van der Waals surface area contributed by atoms with Gasteiger partial charge in [0.1, 0.15) is 0 Å². The minimum absolute atomic E-state index is 0.174. The zero-order valence-electron chi connectivity index (χ0n) is 14.7. The van der Waals surface area contributed by atoms with Gasteiger partial charge >= 0.3 is 0 Å². The molecule has 2 aromatic carbocycles. The predicted molar refractivity (Wildman–Crippen MR) is 96.0 cm³/mol. The van der Waals surface area contributed by atoms with Crippen molar-refractivity contribution in [2.45, 2.75) is 13.0 Å². The molecule has 1 N–H and O–H groups in total. The number of imide groups is 1. The second kappa shape index (κ2) is 7.49. The monoisotopic (exact) mass is 352 g/mol. The van der Waals surface area contributed by atoms with Crippen molar-refractivity contribution in [3.8, 4) is 0 Å². The van der Waals surface area contributed by atoms with Crippen LogP contribution < -0.4 is 5.32 Å². The Morgan fingerprint density at radius 2 is 1.77 bits per heavy atom. The number of benzene rings is 2. The van der Waals surface area contributed by atoms with Crippen LogP contribution in [-0.2, 0) is 4.74 Å². The third kappa shape index (κ3) is 3.36. The zero-order valence-corrected chi connectivity index (χ0v) is 14.7. The second-order valence-electron chi connectivity index (χ2n) is 6.12. The molecule has 0 unspecified atom stereocenters. The summed E-state index contributed by atoms with van der Waals surface area (Å²) in [6.45, 7) is 2.35. The Balaban J connectivity index is 1.78. The van der Waals surface area contributed by atoms with Gasteiger partial charge in [0.05, 0.1) is 30.3 Å². The van der Waals surface area contributed by atoms with Crippen LogP contribution in [0.5, 0.6) is 0 Å². The molecule has 1 aliphatic rings. The molecule has 1 heterocycles. The summed E-state index contributed by atoms with van der Waals surface area (Å²) in [5, 5.41) is 2.91. The highest BCUT2D eigenvalue weighted by atomic mass is 16.5. The maximum Gasteiger partial charge on any atom is 0.261 e. The van der Waals surface area contributed by atoms with Gasteiger partial charge in [-0.15, -0.1) is 0 Å². The van der Waals surface area contributed by atoms with Crippen LogP contribution in [0.3, 0.4) is 0 Å². The molecule has 0 bridgehead atoms.